The number of rotatable bonds is 5. The Bertz CT molecular complexity index is 806. The van der Waals surface area contributed by atoms with E-state index in [0.717, 1.165) is 17.0 Å². The highest BCUT2D eigenvalue weighted by Crippen LogP contribution is 2.25. The summed E-state index contributed by atoms with van der Waals surface area (Å²) < 4.78 is 41.9. The minimum atomic E-state index is -4.56. The van der Waals surface area contributed by atoms with Crippen LogP contribution in [0.4, 0.5) is 10.1 Å². The predicted molar refractivity (Wildman–Crippen MR) is 76.9 cm³/mol. The molecular weight excluding hydrogens is 345 g/mol. The minimum absolute atomic E-state index is 0.154. The molecule has 11 heteroatoms. The molecule has 1 aromatic rings. The third-order valence-electron chi connectivity index (χ3n) is 3.39. The number of halogens is 1. The Balaban J connectivity index is 2.13. The van der Waals surface area contributed by atoms with Gasteiger partial charge in [-0.25, -0.2) is 4.39 Å². The van der Waals surface area contributed by atoms with Gasteiger partial charge in [-0.1, -0.05) is 12.1 Å². The van der Waals surface area contributed by atoms with Crippen molar-refractivity contribution in [2.75, 3.05) is 13.2 Å². The molecule has 0 unspecified atom stereocenters. The van der Waals surface area contributed by atoms with Gasteiger partial charge in [0, 0.05) is 12.5 Å². The summed E-state index contributed by atoms with van der Waals surface area (Å²) in [4.78, 5) is 22.1. The molecule has 24 heavy (non-hydrogen) atoms. The minimum Gasteiger partial charge on any atom is -0.322 e. The second-order valence-corrected chi connectivity index (χ2v) is 6.55. The van der Waals surface area contributed by atoms with Gasteiger partial charge in [0.15, 0.2) is 4.90 Å². The number of benzene rings is 1. The Morgan fingerprint density at radius 1 is 1.50 bits per heavy atom. The molecule has 0 aromatic heterocycles. The molecule has 1 aromatic carbocycles. The van der Waals surface area contributed by atoms with Crippen LogP contribution in [0, 0.1) is 21.4 Å². The first-order valence-electron chi connectivity index (χ1n) is 6.72. The van der Waals surface area contributed by atoms with Crippen molar-refractivity contribution in [2.24, 2.45) is 0 Å². The number of nitro benzene ring substituents is 1. The summed E-state index contributed by atoms with van der Waals surface area (Å²) in [5, 5.41) is 19.7. The normalized spacial score (nSPS) is 20.6. The van der Waals surface area contributed by atoms with E-state index < -0.39 is 50.4 Å². The van der Waals surface area contributed by atoms with E-state index in [4.69, 9.17) is 5.26 Å². The summed E-state index contributed by atoms with van der Waals surface area (Å²) in [7, 11) is -4.56. The lowest BCUT2D eigenvalue weighted by molar-refractivity contribution is -0.387. The fourth-order valence-corrected chi connectivity index (χ4v) is 3.30. The van der Waals surface area contributed by atoms with Crippen LogP contribution in [0.25, 0.3) is 0 Å². The van der Waals surface area contributed by atoms with Gasteiger partial charge in [-0.3, -0.25) is 19.1 Å². The maximum atomic E-state index is 13.3. The van der Waals surface area contributed by atoms with Gasteiger partial charge in [-0.05, 0) is 6.07 Å². The molecule has 0 radical (unpaired) electrons. The highest BCUT2D eigenvalue weighted by atomic mass is 32.2. The van der Waals surface area contributed by atoms with Crippen LogP contribution in [0.5, 0.6) is 0 Å². The van der Waals surface area contributed by atoms with Gasteiger partial charge in [-0.2, -0.15) is 13.7 Å². The fourth-order valence-electron chi connectivity index (χ4n) is 2.28. The lowest BCUT2D eigenvalue weighted by atomic mass is 10.2. The van der Waals surface area contributed by atoms with Gasteiger partial charge in [0.2, 0.25) is 0 Å². The van der Waals surface area contributed by atoms with Crippen molar-refractivity contribution in [3.63, 3.8) is 0 Å². The molecular formula is C13H12FN3O6S. The first-order chi connectivity index (χ1) is 11.3. The standard InChI is InChI=1S/C13H12FN3O6S/c14-9-5-10(6-15)16(7-9)13(18)8-23-24(21,22)12-4-2-1-3-11(12)17(19)20/h1-4,9-10H,5,7-8H2/t9-,10-/m0/s1. The zero-order valence-electron chi connectivity index (χ0n) is 12.2. The van der Waals surface area contributed by atoms with Crippen molar-refractivity contribution in [2.45, 2.75) is 23.5 Å². The van der Waals surface area contributed by atoms with E-state index in [1.807, 2.05) is 0 Å². The highest BCUT2D eigenvalue weighted by Gasteiger charge is 2.36. The van der Waals surface area contributed by atoms with Crippen LogP contribution >= 0.6 is 0 Å². The molecule has 1 aliphatic rings. The van der Waals surface area contributed by atoms with Crippen molar-refractivity contribution in [1.82, 2.24) is 4.90 Å². The Hall–Kier alpha value is -2.58. The zero-order valence-corrected chi connectivity index (χ0v) is 13.0. The van der Waals surface area contributed by atoms with E-state index in [-0.39, 0.29) is 13.0 Å². The van der Waals surface area contributed by atoms with Gasteiger partial charge in [0.05, 0.1) is 17.5 Å². The largest absolute Gasteiger partial charge is 0.322 e. The molecule has 0 N–H and O–H groups in total. The highest BCUT2D eigenvalue weighted by molar-refractivity contribution is 7.87. The summed E-state index contributed by atoms with van der Waals surface area (Å²) in [5.41, 5.74) is -0.690. The number of nitrogens with zero attached hydrogens (tertiary/aromatic N) is 3. The molecule has 0 aliphatic carbocycles. The Morgan fingerprint density at radius 2 is 2.17 bits per heavy atom. The Morgan fingerprint density at radius 3 is 2.79 bits per heavy atom. The molecule has 1 saturated heterocycles. The fraction of sp³-hybridized carbons (Fsp3) is 0.385. The zero-order chi connectivity index (χ0) is 17.9. The topological polar surface area (TPSA) is 131 Å². The van der Waals surface area contributed by atoms with E-state index in [0.29, 0.717) is 0 Å². The molecule has 9 nitrogen and oxygen atoms in total. The third-order valence-corrected chi connectivity index (χ3v) is 4.70. The summed E-state index contributed by atoms with van der Waals surface area (Å²) >= 11 is 0. The van der Waals surface area contributed by atoms with Crippen LogP contribution in [-0.2, 0) is 19.1 Å². The molecule has 0 bridgehead atoms. The molecule has 0 spiro atoms. The molecule has 1 heterocycles. The number of nitriles is 1. The van der Waals surface area contributed by atoms with Gasteiger partial charge >= 0.3 is 10.1 Å². The molecule has 2 rings (SSSR count). The Labute approximate surface area is 136 Å². The van der Waals surface area contributed by atoms with Crippen LogP contribution in [0.1, 0.15) is 6.42 Å². The van der Waals surface area contributed by atoms with Crippen LogP contribution in [0.3, 0.4) is 0 Å². The van der Waals surface area contributed by atoms with Crippen LogP contribution in [0.15, 0.2) is 29.2 Å². The number of alkyl halides is 1. The van der Waals surface area contributed by atoms with E-state index in [9.17, 15) is 27.7 Å². The van der Waals surface area contributed by atoms with Crippen molar-refractivity contribution in [3.05, 3.63) is 34.4 Å². The van der Waals surface area contributed by atoms with Crippen LogP contribution < -0.4 is 0 Å². The van der Waals surface area contributed by atoms with E-state index >= 15 is 0 Å². The second-order valence-electron chi connectivity index (χ2n) is 4.97. The van der Waals surface area contributed by atoms with Crippen LogP contribution in [0.2, 0.25) is 0 Å². The van der Waals surface area contributed by atoms with Gasteiger partial charge in [-0.15, -0.1) is 0 Å². The number of hydrogen-bond donors (Lipinski definition) is 0. The van der Waals surface area contributed by atoms with Crippen molar-refractivity contribution in [1.29, 1.82) is 5.26 Å². The quantitative estimate of drug-likeness (QED) is 0.432. The maximum Gasteiger partial charge on any atom is 0.304 e. The van der Waals surface area contributed by atoms with Gasteiger partial charge < -0.3 is 4.90 Å². The van der Waals surface area contributed by atoms with Crippen molar-refractivity contribution < 1.29 is 26.7 Å². The number of amides is 1. The Kier molecular flexibility index (Phi) is 5.10. The first-order valence-corrected chi connectivity index (χ1v) is 8.13. The maximum absolute atomic E-state index is 13.3. The third kappa shape index (κ3) is 3.66. The average molecular weight is 357 g/mol. The molecule has 0 saturated carbocycles. The summed E-state index contributed by atoms with van der Waals surface area (Å²) in [6.07, 6.45) is -1.52. The lowest BCUT2D eigenvalue weighted by Crippen LogP contribution is -2.38. The average Bonchev–Trinajstić information content (AvgIpc) is 2.93. The molecule has 1 fully saturated rings. The second kappa shape index (κ2) is 6.90. The SMILES string of the molecule is N#C[C@@H]1C[C@H](F)CN1C(=O)COS(=O)(=O)c1ccccc1[N+](=O)[O-]. The number of hydrogen-bond acceptors (Lipinski definition) is 7. The lowest BCUT2D eigenvalue weighted by Gasteiger charge is -2.18. The number of carbonyl (C=O) groups excluding carboxylic acids is 1. The van der Waals surface area contributed by atoms with Crippen molar-refractivity contribution >= 4 is 21.7 Å². The molecule has 1 aliphatic heterocycles. The van der Waals surface area contributed by atoms with E-state index in [1.165, 1.54) is 12.1 Å². The molecule has 128 valence electrons. The summed E-state index contributed by atoms with van der Waals surface area (Å²) in [6.45, 7) is -1.30. The van der Waals surface area contributed by atoms with E-state index in [2.05, 4.69) is 4.18 Å². The number of para-hydroxylation sites is 1. The van der Waals surface area contributed by atoms with Gasteiger partial charge in [0.25, 0.3) is 11.6 Å². The monoisotopic (exact) mass is 357 g/mol. The summed E-state index contributed by atoms with van der Waals surface area (Å²) in [6, 6.07) is 5.27. The number of carbonyl (C=O) groups is 1. The smallest absolute Gasteiger partial charge is 0.304 e. The van der Waals surface area contributed by atoms with E-state index in [1.54, 1.807) is 6.07 Å². The number of likely N-dealkylation sites (tertiary alicyclic amines) is 1. The first kappa shape index (κ1) is 17.8. The summed E-state index contributed by atoms with van der Waals surface area (Å²) in [5.74, 6) is -0.885. The van der Waals surface area contributed by atoms with Gasteiger partial charge in [0.1, 0.15) is 18.8 Å². The number of nitro groups is 1. The molecule has 1 amide bonds. The molecule has 2 atom stereocenters. The van der Waals surface area contributed by atoms with Crippen molar-refractivity contribution in [3.8, 4) is 6.07 Å². The predicted octanol–water partition coefficient (Wildman–Crippen LogP) is 0.763. The van der Waals surface area contributed by atoms with Crippen LogP contribution in [-0.4, -0.2) is 49.5 Å².